The summed E-state index contributed by atoms with van der Waals surface area (Å²) < 4.78 is 5.45. The van der Waals surface area contributed by atoms with Crippen molar-refractivity contribution >= 4 is 12.0 Å². The third kappa shape index (κ3) is 4.47. The number of hydrogen-bond acceptors (Lipinski definition) is 5. The minimum atomic E-state index is -0.530. The topological polar surface area (TPSA) is 91.4 Å². The number of aromatic nitrogens is 3. The Balaban J connectivity index is 1.38. The molecule has 1 aromatic heterocycles. The van der Waals surface area contributed by atoms with Crippen LogP contribution in [0.2, 0.25) is 0 Å². The number of nitrogens with zero attached hydrogens (tertiary/aromatic N) is 4. The summed E-state index contributed by atoms with van der Waals surface area (Å²) in [5.74, 6) is 2.09. The first kappa shape index (κ1) is 20.4. The van der Waals surface area contributed by atoms with E-state index in [1.54, 1.807) is 4.90 Å². The maximum Gasteiger partial charge on any atom is 0.410 e. The van der Waals surface area contributed by atoms with E-state index < -0.39 is 5.60 Å². The number of nitrogens with one attached hydrogen (secondary N) is 1. The van der Waals surface area contributed by atoms with E-state index in [0.29, 0.717) is 36.9 Å². The Hall–Kier alpha value is -2.90. The summed E-state index contributed by atoms with van der Waals surface area (Å²) in [6.07, 6.45) is 2.01. The molecular formula is C22H29N5O3. The van der Waals surface area contributed by atoms with E-state index in [2.05, 4.69) is 15.2 Å². The van der Waals surface area contributed by atoms with E-state index >= 15 is 0 Å². The van der Waals surface area contributed by atoms with Gasteiger partial charge in [-0.2, -0.15) is 5.10 Å². The Kier molecular flexibility index (Phi) is 5.26. The number of aromatic amines is 1. The van der Waals surface area contributed by atoms with E-state index in [1.165, 1.54) is 12.8 Å². The van der Waals surface area contributed by atoms with Gasteiger partial charge < -0.3 is 14.5 Å². The number of carbonyl (C=O) groups is 2. The van der Waals surface area contributed by atoms with Crippen LogP contribution in [0.1, 0.15) is 62.6 Å². The van der Waals surface area contributed by atoms with Crippen molar-refractivity contribution in [1.29, 1.82) is 0 Å². The van der Waals surface area contributed by atoms with Crippen molar-refractivity contribution in [3.63, 3.8) is 0 Å². The van der Waals surface area contributed by atoms with Crippen LogP contribution in [0.4, 0.5) is 4.79 Å². The lowest BCUT2D eigenvalue weighted by molar-refractivity contribution is 0.00617. The molecular weight excluding hydrogens is 382 g/mol. The second-order valence-corrected chi connectivity index (χ2v) is 9.17. The van der Waals surface area contributed by atoms with Crippen LogP contribution >= 0.6 is 0 Å². The van der Waals surface area contributed by atoms with Crippen molar-refractivity contribution < 1.29 is 14.3 Å². The molecule has 2 fully saturated rings. The van der Waals surface area contributed by atoms with Gasteiger partial charge >= 0.3 is 6.09 Å². The standard InChI is InChI=1S/C22H29N5O3/c1-14-13-26(21(29)30-22(2,3)4)11-12-27(14)20(28)17-9-7-16(8-10-17)19-23-18(24-25-19)15-5-6-15/h7-10,14-15H,5-6,11-13H2,1-4H3,(H,23,24,25)/t14-/m1/s1. The lowest BCUT2D eigenvalue weighted by atomic mass is 10.1. The highest BCUT2D eigenvalue weighted by molar-refractivity contribution is 5.95. The lowest BCUT2D eigenvalue weighted by Crippen LogP contribution is -2.56. The zero-order valence-corrected chi connectivity index (χ0v) is 18.0. The molecule has 0 bridgehead atoms. The number of amides is 2. The highest BCUT2D eigenvalue weighted by Gasteiger charge is 2.32. The van der Waals surface area contributed by atoms with E-state index in [4.69, 9.17) is 4.74 Å². The van der Waals surface area contributed by atoms with Crippen LogP contribution in [0.25, 0.3) is 11.4 Å². The molecule has 1 atom stereocenters. The fourth-order valence-corrected chi connectivity index (χ4v) is 3.62. The van der Waals surface area contributed by atoms with Crippen LogP contribution in [0.15, 0.2) is 24.3 Å². The number of benzene rings is 1. The van der Waals surface area contributed by atoms with Gasteiger partial charge in [0.05, 0.1) is 0 Å². The molecule has 2 heterocycles. The Morgan fingerprint density at radius 2 is 1.83 bits per heavy atom. The van der Waals surface area contributed by atoms with Crippen LogP contribution in [-0.4, -0.2) is 68.3 Å². The lowest BCUT2D eigenvalue weighted by Gasteiger charge is -2.40. The van der Waals surface area contributed by atoms with E-state index in [9.17, 15) is 9.59 Å². The van der Waals surface area contributed by atoms with E-state index in [0.717, 1.165) is 11.4 Å². The molecule has 1 saturated carbocycles. The smallest absolute Gasteiger partial charge is 0.410 e. The van der Waals surface area contributed by atoms with Crippen LogP contribution in [0.5, 0.6) is 0 Å². The Labute approximate surface area is 176 Å². The zero-order valence-electron chi connectivity index (χ0n) is 18.0. The van der Waals surface area contributed by atoms with Crippen molar-refractivity contribution in [1.82, 2.24) is 25.0 Å². The summed E-state index contributed by atoms with van der Waals surface area (Å²) in [7, 11) is 0. The quantitative estimate of drug-likeness (QED) is 0.835. The summed E-state index contributed by atoms with van der Waals surface area (Å²) in [5, 5.41) is 7.30. The first-order chi connectivity index (χ1) is 14.2. The second-order valence-electron chi connectivity index (χ2n) is 9.17. The Morgan fingerprint density at radius 1 is 1.13 bits per heavy atom. The van der Waals surface area contributed by atoms with Gasteiger partial charge in [0.15, 0.2) is 5.82 Å². The molecule has 2 aromatic rings. The Morgan fingerprint density at radius 3 is 2.43 bits per heavy atom. The van der Waals surface area contributed by atoms with Gasteiger partial charge in [-0.05, 0) is 52.7 Å². The molecule has 1 aliphatic heterocycles. The number of carbonyl (C=O) groups excluding carboxylic acids is 2. The van der Waals surface area contributed by atoms with Crippen molar-refractivity contribution in [2.45, 2.75) is 58.1 Å². The van der Waals surface area contributed by atoms with E-state index in [-0.39, 0.29) is 18.0 Å². The first-order valence-electron chi connectivity index (χ1n) is 10.5. The number of hydrogen-bond donors (Lipinski definition) is 1. The van der Waals surface area contributed by atoms with Crippen molar-refractivity contribution in [2.75, 3.05) is 19.6 Å². The average Bonchev–Trinajstić information content (AvgIpc) is 3.43. The number of rotatable bonds is 3. The van der Waals surface area contributed by atoms with Crippen molar-refractivity contribution in [3.05, 3.63) is 35.7 Å². The largest absolute Gasteiger partial charge is 0.444 e. The fraction of sp³-hybridized carbons (Fsp3) is 0.545. The molecule has 4 rings (SSSR count). The van der Waals surface area contributed by atoms with Gasteiger partial charge in [0.1, 0.15) is 11.4 Å². The molecule has 8 nitrogen and oxygen atoms in total. The number of piperazine rings is 1. The van der Waals surface area contributed by atoms with Crippen molar-refractivity contribution in [3.8, 4) is 11.4 Å². The molecule has 0 unspecified atom stereocenters. The van der Waals surface area contributed by atoms with Crippen LogP contribution in [0, 0.1) is 0 Å². The second kappa shape index (κ2) is 7.74. The van der Waals surface area contributed by atoms with Gasteiger partial charge in [0.25, 0.3) is 5.91 Å². The van der Waals surface area contributed by atoms with Gasteiger partial charge in [-0.3, -0.25) is 9.89 Å². The third-order valence-electron chi connectivity index (χ3n) is 5.40. The summed E-state index contributed by atoms with van der Waals surface area (Å²) in [6, 6.07) is 7.31. The van der Waals surface area contributed by atoms with Crippen LogP contribution in [-0.2, 0) is 4.74 Å². The molecule has 30 heavy (non-hydrogen) atoms. The molecule has 1 aliphatic carbocycles. The highest BCUT2D eigenvalue weighted by atomic mass is 16.6. The van der Waals surface area contributed by atoms with Gasteiger partial charge in [-0.1, -0.05) is 12.1 Å². The number of H-pyrrole nitrogens is 1. The van der Waals surface area contributed by atoms with Gasteiger partial charge in [0, 0.05) is 42.7 Å². The Bertz CT molecular complexity index is 927. The summed E-state index contributed by atoms with van der Waals surface area (Å²) >= 11 is 0. The molecule has 8 heteroatoms. The monoisotopic (exact) mass is 411 g/mol. The van der Waals surface area contributed by atoms with E-state index in [1.807, 2.05) is 56.9 Å². The molecule has 2 aliphatic rings. The normalized spacial score (nSPS) is 19.7. The summed E-state index contributed by atoms with van der Waals surface area (Å²) in [5.41, 5.74) is 0.976. The number of ether oxygens (including phenoxy) is 1. The summed E-state index contributed by atoms with van der Waals surface area (Å²) in [6.45, 7) is 8.90. The van der Waals surface area contributed by atoms with Gasteiger partial charge in [-0.25, -0.2) is 9.78 Å². The van der Waals surface area contributed by atoms with Gasteiger partial charge in [-0.15, -0.1) is 0 Å². The minimum absolute atomic E-state index is 0.0356. The zero-order chi connectivity index (χ0) is 21.5. The molecule has 2 amide bonds. The minimum Gasteiger partial charge on any atom is -0.444 e. The molecule has 160 valence electrons. The van der Waals surface area contributed by atoms with Crippen molar-refractivity contribution in [2.24, 2.45) is 0 Å². The molecule has 0 radical (unpaired) electrons. The maximum atomic E-state index is 13.0. The molecule has 1 N–H and O–H groups in total. The predicted octanol–water partition coefficient (Wildman–Crippen LogP) is 3.43. The molecule has 1 saturated heterocycles. The van der Waals surface area contributed by atoms with Crippen LogP contribution in [0.3, 0.4) is 0 Å². The fourth-order valence-electron chi connectivity index (χ4n) is 3.62. The maximum absolute atomic E-state index is 13.0. The SMILES string of the molecule is C[C@@H]1CN(C(=O)OC(C)(C)C)CCN1C(=O)c1ccc(-c2n[nH]c(C3CC3)n2)cc1. The summed E-state index contributed by atoms with van der Waals surface area (Å²) in [4.78, 5) is 33.4. The average molecular weight is 412 g/mol. The van der Waals surface area contributed by atoms with Gasteiger partial charge in [0.2, 0.25) is 0 Å². The molecule has 1 aromatic carbocycles. The highest BCUT2D eigenvalue weighted by Crippen LogP contribution is 2.38. The molecule has 0 spiro atoms. The van der Waals surface area contributed by atoms with Crippen LogP contribution < -0.4 is 0 Å². The predicted molar refractivity (Wildman–Crippen MR) is 112 cm³/mol. The third-order valence-corrected chi connectivity index (χ3v) is 5.40. The first-order valence-corrected chi connectivity index (χ1v) is 10.5.